The van der Waals surface area contributed by atoms with E-state index in [2.05, 4.69) is 16.0 Å². The predicted octanol–water partition coefficient (Wildman–Crippen LogP) is -1.24. The van der Waals surface area contributed by atoms with Crippen molar-refractivity contribution < 1.29 is 14.4 Å². The molecule has 6 heteroatoms. The van der Waals surface area contributed by atoms with Crippen LogP contribution in [0, 0.1) is 5.41 Å². The lowest BCUT2D eigenvalue weighted by atomic mass is 9.88. The highest BCUT2D eigenvalue weighted by Gasteiger charge is 2.40. The van der Waals surface area contributed by atoms with Crippen LogP contribution in [0.4, 0.5) is 0 Å². The highest BCUT2D eigenvalue weighted by molar-refractivity contribution is 5.92. The van der Waals surface area contributed by atoms with Crippen molar-refractivity contribution in [3.63, 3.8) is 0 Å². The number of hydrogen-bond donors (Lipinski definition) is 3. The first-order valence-corrected chi connectivity index (χ1v) is 5.30. The lowest BCUT2D eigenvalue weighted by molar-refractivity contribution is -0.131. The molecule has 1 unspecified atom stereocenters. The molecule has 1 fully saturated rings. The van der Waals surface area contributed by atoms with Crippen LogP contribution in [-0.4, -0.2) is 37.9 Å². The Morgan fingerprint density at radius 3 is 2.88 bits per heavy atom. The van der Waals surface area contributed by atoms with Gasteiger partial charge in [-0.1, -0.05) is 0 Å². The number of hydrogen-bond acceptors (Lipinski definition) is 3. The minimum Gasteiger partial charge on any atom is -0.359 e. The van der Waals surface area contributed by atoms with Gasteiger partial charge in [0, 0.05) is 26.1 Å². The third-order valence-corrected chi connectivity index (χ3v) is 2.64. The van der Waals surface area contributed by atoms with Gasteiger partial charge in [0.05, 0.1) is 5.41 Å². The van der Waals surface area contributed by atoms with Crippen LogP contribution in [0.15, 0.2) is 0 Å². The minimum atomic E-state index is -0.630. The predicted molar refractivity (Wildman–Crippen MR) is 57.4 cm³/mol. The molecule has 0 saturated carbocycles. The normalized spacial score (nSPS) is 23.7. The number of carbonyl (C=O) groups is 3. The van der Waals surface area contributed by atoms with Crippen molar-refractivity contribution in [1.29, 1.82) is 0 Å². The van der Waals surface area contributed by atoms with Gasteiger partial charge in [-0.2, -0.15) is 0 Å². The molecule has 1 saturated heterocycles. The van der Waals surface area contributed by atoms with Crippen LogP contribution in [0.25, 0.3) is 0 Å². The highest BCUT2D eigenvalue weighted by atomic mass is 16.2. The molecule has 3 N–H and O–H groups in total. The number of carbonyl (C=O) groups excluding carboxylic acids is 3. The fourth-order valence-corrected chi connectivity index (χ4v) is 1.60. The fraction of sp³-hybridized carbons (Fsp3) is 0.700. The van der Waals surface area contributed by atoms with Gasteiger partial charge in [-0.3, -0.25) is 14.4 Å². The molecule has 1 rings (SSSR count). The monoisotopic (exact) mass is 227 g/mol. The molecule has 0 radical (unpaired) electrons. The van der Waals surface area contributed by atoms with Gasteiger partial charge in [-0.25, -0.2) is 0 Å². The Kier molecular flexibility index (Phi) is 4.28. The molecule has 0 aliphatic carbocycles. The van der Waals surface area contributed by atoms with Crippen molar-refractivity contribution >= 4 is 18.2 Å². The molecular weight excluding hydrogens is 210 g/mol. The van der Waals surface area contributed by atoms with E-state index in [1.165, 1.54) is 0 Å². The van der Waals surface area contributed by atoms with Crippen molar-refractivity contribution in [2.45, 2.75) is 19.8 Å². The average molecular weight is 227 g/mol. The van der Waals surface area contributed by atoms with Gasteiger partial charge >= 0.3 is 0 Å². The zero-order valence-corrected chi connectivity index (χ0v) is 9.34. The lowest BCUT2D eigenvalue weighted by Crippen LogP contribution is -2.41. The number of rotatable bonds is 6. The van der Waals surface area contributed by atoms with E-state index in [9.17, 15) is 14.4 Å². The summed E-state index contributed by atoms with van der Waals surface area (Å²) < 4.78 is 0. The first-order valence-electron chi connectivity index (χ1n) is 5.30. The molecule has 1 aliphatic heterocycles. The van der Waals surface area contributed by atoms with Crippen molar-refractivity contribution in [2.24, 2.45) is 5.41 Å². The van der Waals surface area contributed by atoms with Gasteiger partial charge in [-0.05, 0) is 13.3 Å². The first kappa shape index (κ1) is 12.5. The maximum atomic E-state index is 11.8. The molecular formula is C10H17N3O3. The lowest BCUT2D eigenvalue weighted by Gasteiger charge is -2.20. The SMILES string of the molecule is CC1(C(=O)NCCCNC=O)CNC(=O)C1. The van der Waals surface area contributed by atoms with E-state index in [0.717, 1.165) is 0 Å². The summed E-state index contributed by atoms with van der Waals surface area (Å²) in [4.78, 5) is 32.7. The maximum absolute atomic E-state index is 11.8. The third-order valence-electron chi connectivity index (χ3n) is 2.64. The molecule has 0 spiro atoms. The standard InChI is InChI=1S/C10H17N3O3/c1-10(5-8(15)13-6-10)9(16)12-4-2-3-11-7-14/h7H,2-6H2,1H3,(H,11,14)(H,12,16)(H,13,15). The first-order chi connectivity index (χ1) is 7.58. The van der Waals surface area contributed by atoms with Gasteiger partial charge in [0.2, 0.25) is 18.2 Å². The van der Waals surface area contributed by atoms with Crippen molar-refractivity contribution in [2.75, 3.05) is 19.6 Å². The summed E-state index contributed by atoms with van der Waals surface area (Å²) >= 11 is 0. The van der Waals surface area contributed by atoms with Crippen molar-refractivity contribution in [3.8, 4) is 0 Å². The zero-order valence-electron chi connectivity index (χ0n) is 9.34. The van der Waals surface area contributed by atoms with Crippen LogP contribution in [0.2, 0.25) is 0 Å². The second kappa shape index (κ2) is 5.48. The molecule has 0 aromatic heterocycles. The van der Waals surface area contributed by atoms with Crippen LogP contribution in [0.3, 0.4) is 0 Å². The Morgan fingerprint density at radius 2 is 2.31 bits per heavy atom. The summed E-state index contributed by atoms with van der Waals surface area (Å²) in [6, 6.07) is 0. The minimum absolute atomic E-state index is 0.0831. The van der Waals surface area contributed by atoms with E-state index < -0.39 is 5.41 Å². The molecule has 0 aromatic carbocycles. The Labute approximate surface area is 94.2 Å². The Morgan fingerprint density at radius 1 is 1.56 bits per heavy atom. The maximum Gasteiger partial charge on any atom is 0.228 e. The molecule has 1 atom stereocenters. The van der Waals surface area contributed by atoms with E-state index in [1.807, 2.05) is 0 Å². The smallest absolute Gasteiger partial charge is 0.228 e. The quantitative estimate of drug-likeness (QED) is 0.392. The molecule has 1 aliphatic rings. The summed E-state index contributed by atoms with van der Waals surface area (Å²) in [6.45, 7) is 3.20. The number of nitrogens with one attached hydrogen (secondary N) is 3. The summed E-state index contributed by atoms with van der Waals surface area (Å²) in [5.41, 5.74) is -0.630. The van der Waals surface area contributed by atoms with E-state index in [0.29, 0.717) is 32.5 Å². The van der Waals surface area contributed by atoms with Gasteiger partial charge in [0.15, 0.2) is 0 Å². The summed E-state index contributed by atoms with van der Waals surface area (Å²) in [5.74, 6) is -0.197. The topological polar surface area (TPSA) is 87.3 Å². The summed E-state index contributed by atoms with van der Waals surface area (Å²) in [6.07, 6.45) is 1.55. The van der Waals surface area contributed by atoms with Crippen molar-refractivity contribution in [3.05, 3.63) is 0 Å². The van der Waals surface area contributed by atoms with E-state index in [4.69, 9.17) is 0 Å². The van der Waals surface area contributed by atoms with E-state index in [-0.39, 0.29) is 18.2 Å². The fourth-order valence-electron chi connectivity index (χ4n) is 1.60. The second-order valence-corrected chi connectivity index (χ2v) is 4.20. The Balaban J connectivity index is 2.24. The van der Waals surface area contributed by atoms with E-state index >= 15 is 0 Å². The highest BCUT2D eigenvalue weighted by Crippen LogP contribution is 2.25. The summed E-state index contributed by atoms with van der Waals surface area (Å²) in [7, 11) is 0. The Bertz CT molecular complexity index is 293. The molecule has 6 nitrogen and oxygen atoms in total. The average Bonchev–Trinajstić information content (AvgIpc) is 2.59. The van der Waals surface area contributed by atoms with Crippen LogP contribution >= 0.6 is 0 Å². The molecule has 0 bridgehead atoms. The van der Waals surface area contributed by atoms with Gasteiger partial charge in [-0.15, -0.1) is 0 Å². The number of amides is 3. The molecule has 1 heterocycles. The van der Waals surface area contributed by atoms with Crippen LogP contribution < -0.4 is 16.0 Å². The van der Waals surface area contributed by atoms with Crippen LogP contribution in [0.1, 0.15) is 19.8 Å². The van der Waals surface area contributed by atoms with Crippen LogP contribution in [0.5, 0.6) is 0 Å². The third kappa shape index (κ3) is 3.22. The van der Waals surface area contributed by atoms with Gasteiger partial charge < -0.3 is 16.0 Å². The summed E-state index contributed by atoms with van der Waals surface area (Å²) in [5, 5.41) is 7.91. The molecule has 0 aromatic rings. The Hall–Kier alpha value is -1.59. The molecule has 16 heavy (non-hydrogen) atoms. The zero-order chi connectivity index (χ0) is 12.0. The molecule has 90 valence electrons. The van der Waals surface area contributed by atoms with Crippen LogP contribution in [-0.2, 0) is 14.4 Å². The largest absolute Gasteiger partial charge is 0.359 e. The van der Waals surface area contributed by atoms with Gasteiger partial charge in [0.1, 0.15) is 0 Å². The molecule has 3 amide bonds. The second-order valence-electron chi connectivity index (χ2n) is 4.20. The van der Waals surface area contributed by atoms with Gasteiger partial charge in [0.25, 0.3) is 0 Å². The van der Waals surface area contributed by atoms with Crippen molar-refractivity contribution in [1.82, 2.24) is 16.0 Å². The van der Waals surface area contributed by atoms with E-state index in [1.54, 1.807) is 6.92 Å².